The van der Waals surface area contributed by atoms with Crippen LogP contribution in [0.2, 0.25) is 0 Å². The largest absolute Gasteiger partial charge is 0.508 e. The van der Waals surface area contributed by atoms with Crippen molar-refractivity contribution in [2.45, 2.75) is 51.7 Å². The number of hydrogen-bond acceptors (Lipinski definition) is 6. The summed E-state index contributed by atoms with van der Waals surface area (Å²) in [5.41, 5.74) is 1.35. The molecule has 0 unspecified atom stereocenters. The third kappa shape index (κ3) is 5.47. The van der Waals surface area contributed by atoms with E-state index in [0.29, 0.717) is 24.0 Å². The Balaban J connectivity index is 1.90. The van der Waals surface area contributed by atoms with Crippen LogP contribution in [0.5, 0.6) is 23.0 Å². The molecule has 0 saturated carbocycles. The SMILES string of the molecule is C/C(=C\Cc1c(O)cc(O)c2c1O[C@H](c1ccc(O)cc1)CC2=O)C/C=C/C(C)(C)O. The van der Waals surface area contributed by atoms with Gasteiger partial charge in [0.05, 0.1) is 12.0 Å². The van der Waals surface area contributed by atoms with Crippen molar-refractivity contribution in [2.75, 3.05) is 0 Å². The molecular formula is C25H28O6. The number of carbonyl (C=O) groups excluding carboxylic acids is 1. The molecule has 1 aliphatic rings. The number of hydrogen-bond donors (Lipinski definition) is 4. The average Bonchev–Trinajstić information content (AvgIpc) is 2.66. The molecule has 31 heavy (non-hydrogen) atoms. The lowest BCUT2D eigenvalue weighted by molar-refractivity contribution is 0.0842. The second-order valence-electron chi connectivity index (χ2n) is 8.44. The molecule has 0 radical (unpaired) electrons. The van der Waals surface area contributed by atoms with Gasteiger partial charge in [-0.3, -0.25) is 4.79 Å². The highest BCUT2D eigenvalue weighted by Crippen LogP contribution is 2.45. The van der Waals surface area contributed by atoms with Gasteiger partial charge in [0.15, 0.2) is 5.78 Å². The third-order valence-electron chi connectivity index (χ3n) is 5.13. The highest BCUT2D eigenvalue weighted by Gasteiger charge is 2.33. The van der Waals surface area contributed by atoms with Crippen LogP contribution in [-0.2, 0) is 6.42 Å². The first-order valence-corrected chi connectivity index (χ1v) is 10.2. The summed E-state index contributed by atoms with van der Waals surface area (Å²) in [7, 11) is 0. The number of rotatable bonds is 6. The van der Waals surface area contributed by atoms with Crippen LogP contribution in [0, 0.1) is 0 Å². The molecule has 0 aliphatic carbocycles. The van der Waals surface area contributed by atoms with Gasteiger partial charge in [-0.25, -0.2) is 0 Å². The molecule has 0 bridgehead atoms. The Hall–Kier alpha value is -3.25. The number of fused-ring (bicyclic) bond motifs is 1. The summed E-state index contributed by atoms with van der Waals surface area (Å²) in [5.74, 6) is -0.429. The number of aliphatic hydroxyl groups is 1. The summed E-state index contributed by atoms with van der Waals surface area (Å²) >= 11 is 0. The van der Waals surface area contributed by atoms with E-state index in [0.717, 1.165) is 5.57 Å². The normalized spacial score (nSPS) is 17.0. The van der Waals surface area contributed by atoms with Gasteiger partial charge in [-0.1, -0.05) is 35.9 Å². The van der Waals surface area contributed by atoms with Gasteiger partial charge < -0.3 is 25.2 Å². The van der Waals surface area contributed by atoms with Gasteiger partial charge in [-0.05, 0) is 51.3 Å². The van der Waals surface area contributed by atoms with Crippen LogP contribution in [0.4, 0.5) is 0 Å². The van der Waals surface area contributed by atoms with Crippen LogP contribution in [0.15, 0.2) is 54.1 Å². The topological polar surface area (TPSA) is 107 Å². The first kappa shape index (κ1) is 22.4. The van der Waals surface area contributed by atoms with E-state index in [4.69, 9.17) is 4.74 Å². The zero-order valence-corrected chi connectivity index (χ0v) is 17.9. The van der Waals surface area contributed by atoms with Crippen molar-refractivity contribution >= 4 is 5.78 Å². The molecule has 0 saturated heterocycles. The van der Waals surface area contributed by atoms with E-state index < -0.39 is 11.7 Å². The van der Waals surface area contributed by atoms with Crippen LogP contribution in [0.1, 0.15) is 61.2 Å². The summed E-state index contributed by atoms with van der Waals surface area (Å²) in [4.78, 5) is 12.8. The second-order valence-corrected chi connectivity index (χ2v) is 8.44. The Morgan fingerprint density at radius 2 is 1.84 bits per heavy atom. The quantitative estimate of drug-likeness (QED) is 0.500. The molecule has 4 N–H and O–H groups in total. The van der Waals surface area contributed by atoms with Gasteiger partial charge in [0, 0.05) is 11.6 Å². The predicted octanol–water partition coefficient (Wildman–Crippen LogP) is 4.72. The van der Waals surface area contributed by atoms with Gasteiger partial charge >= 0.3 is 0 Å². The molecule has 164 valence electrons. The monoisotopic (exact) mass is 424 g/mol. The van der Waals surface area contributed by atoms with Crippen molar-refractivity contribution in [3.05, 3.63) is 70.8 Å². The molecule has 1 atom stereocenters. The molecule has 1 aliphatic heterocycles. The fourth-order valence-corrected chi connectivity index (χ4v) is 3.49. The molecule has 0 spiro atoms. The standard InChI is InChI=1S/C25H28O6/c1-15(5-4-12-25(2,3)30)6-11-18-19(27)13-20(28)23-21(29)14-22(31-24(18)23)16-7-9-17(26)10-8-16/h4,6-10,12-13,22,26-28,30H,5,11,14H2,1-3H3/b12-4+,15-6+/t22-/m0/s1. The van der Waals surface area contributed by atoms with Gasteiger partial charge in [-0.15, -0.1) is 0 Å². The van der Waals surface area contributed by atoms with Crippen molar-refractivity contribution in [3.8, 4) is 23.0 Å². The van der Waals surface area contributed by atoms with Crippen molar-refractivity contribution < 1.29 is 30.0 Å². The highest BCUT2D eigenvalue weighted by atomic mass is 16.5. The molecule has 1 heterocycles. The van der Waals surface area contributed by atoms with Crippen LogP contribution >= 0.6 is 0 Å². The maximum atomic E-state index is 12.8. The highest BCUT2D eigenvalue weighted by molar-refractivity contribution is 6.03. The number of allylic oxidation sites excluding steroid dienone is 3. The maximum Gasteiger partial charge on any atom is 0.174 e. The Morgan fingerprint density at radius 3 is 2.48 bits per heavy atom. The van der Waals surface area contributed by atoms with E-state index >= 15 is 0 Å². The van der Waals surface area contributed by atoms with Crippen LogP contribution in [0.3, 0.4) is 0 Å². The minimum Gasteiger partial charge on any atom is -0.508 e. The predicted molar refractivity (Wildman–Crippen MR) is 118 cm³/mol. The third-order valence-corrected chi connectivity index (χ3v) is 5.13. The molecule has 2 aromatic carbocycles. The summed E-state index contributed by atoms with van der Waals surface area (Å²) in [5, 5.41) is 40.0. The molecule has 0 amide bonds. The molecule has 3 rings (SSSR count). The Morgan fingerprint density at radius 1 is 1.16 bits per heavy atom. The zero-order chi connectivity index (χ0) is 22.8. The number of carbonyl (C=O) groups is 1. The van der Waals surface area contributed by atoms with E-state index in [9.17, 15) is 25.2 Å². The lowest BCUT2D eigenvalue weighted by Crippen LogP contribution is -2.21. The number of phenolic OH excluding ortho intramolecular Hbond substituents is 3. The smallest absolute Gasteiger partial charge is 0.174 e. The number of ketones is 1. The molecule has 6 heteroatoms. The lowest BCUT2D eigenvalue weighted by Gasteiger charge is -2.28. The maximum absolute atomic E-state index is 12.8. The molecule has 6 nitrogen and oxygen atoms in total. The Labute approximate surface area is 181 Å². The Kier molecular flexibility index (Phi) is 6.41. The molecule has 0 fully saturated rings. The van der Waals surface area contributed by atoms with Crippen molar-refractivity contribution in [1.82, 2.24) is 0 Å². The molecule has 2 aromatic rings. The minimum atomic E-state index is -0.883. The fraction of sp³-hybridized carbons (Fsp3) is 0.320. The summed E-state index contributed by atoms with van der Waals surface area (Å²) < 4.78 is 6.08. The van der Waals surface area contributed by atoms with Crippen molar-refractivity contribution in [2.24, 2.45) is 0 Å². The number of benzene rings is 2. The summed E-state index contributed by atoms with van der Waals surface area (Å²) in [6.07, 6.45) is 5.91. The number of phenols is 3. The summed E-state index contributed by atoms with van der Waals surface area (Å²) in [6, 6.07) is 7.58. The average molecular weight is 424 g/mol. The lowest BCUT2D eigenvalue weighted by atomic mass is 9.92. The second kappa shape index (κ2) is 8.86. The van der Waals surface area contributed by atoms with Crippen LogP contribution in [-0.4, -0.2) is 31.8 Å². The first-order valence-electron chi connectivity index (χ1n) is 10.2. The number of ether oxygens (including phenoxy) is 1. The Bertz CT molecular complexity index is 1030. The zero-order valence-electron chi connectivity index (χ0n) is 17.9. The van der Waals surface area contributed by atoms with E-state index in [1.807, 2.05) is 19.1 Å². The first-order chi connectivity index (χ1) is 14.5. The molecule has 0 aromatic heterocycles. The van der Waals surface area contributed by atoms with Gasteiger partial charge in [0.25, 0.3) is 0 Å². The van der Waals surface area contributed by atoms with Crippen LogP contribution in [0.25, 0.3) is 0 Å². The minimum absolute atomic E-state index is 0.0478. The van der Waals surface area contributed by atoms with E-state index in [-0.39, 0.29) is 40.8 Å². The van der Waals surface area contributed by atoms with E-state index in [1.165, 1.54) is 18.2 Å². The summed E-state index contributed by atoms with van der Waals surface area (Å²) in [6.45, 7) is 5.33. The molecular weight excluding hydrogens is 396 g/mol. The van der Waals surface area contributed by atoms with Gasteiger partial charge in [0.1, 0.15) is 34.7 Å². The number of Topliss-reactive ketones (excluding diaryl/α,β-unsaturated/α-hetero) is 1. The van der Waals surface area contributed by atoms with Crippen molar-refractivity contribution in [1.29, 1.82) is 0 Å². The van der Waals surface area contributed by atoms with Crippen molar-refractivity contribution in [3.63, 3.8) is 0 Å². The van der Waals surface area contributed by atoms with Gasteiger partial charge in [0.2, 0.25) is 0 Å². The fourth-order valence-electron chi connectivity index (χ4n) is 3.49. The van der Waals surface area contributed by atoms with E-state index in [2.05, 4.69) is 0 Å². The van der Waals surface area contributed by atoms with E-state index in [1.54, 1.807) is 32.1 Å². The van der Waals surface area contributed by atoms with Gasteiger partial charge in [-0.2, -0.15) is 0 Å². The van der Waals surface area contributed by atoms with Crippen LogP contribution < -0.4 is 4.74 Å². The number of aromatic hydroxyl groups is 3.